The monoisotopic (exact) mass is 575 g/mol. The summed E-state index contributed by atoms with van der Waals surface area (Å²) in [5.41, 5.74) is 1.68. The SMILES string of the molecule is CC[N+](C)(CC)CCO.O=C([O-])c1ccc(C(=O)[O-])c(-c2ccccc2)c1-c1ccccc1.[I-]. The molecule has 0 unspecified atom stereocenters. The number of carboxylic acids is 2. The molecule has 0 aliphatic heterocycles. The van der Waals surface area contributed by atoms with Crippen LogP contribution >= 0.6 is 0 Å². The van der Waals surface area contributed by atoms with Gasteiger partial charge in [0.25, 0.3) is 0 Å². The van der Waals surface area contributed by atoms with Crippen LogP contribution in [0.2, 0.25) is 0 Å². The first-order valence-corrected chi connectivity index (χ1v) is 10.9. The molecule has 0 aliphatic carbocycles. The molecule has 0 fully saturated rings. The lowest BCUT2D eigenvalue weighted by Gasteiger charge is -2.31. The van der Waals surface area contributed by atoms with Gasteiger partial charge in [0.15, 0.2) is 0 Å². The highest BCUT2D eigenvalue weighted by molar-refractivity contribution is 6.07. The van der Waals surface area contributed by atoms with Gasteiger partial charge in [0, 0.05) is 11.1 Å². The number of aromatic carboxylic acids is 2. The minimum atomic E-state index is -1.36. The Balaban J connectivity index is 0.000000496. The van der Waals surface area contributed by atoms with Crippen molar-refractivity contribution in [3.8, 4) is 22.3 Å². The van der Waals surface area contributed by atoms with E-state index in [2.05, 4.69) is 20.9 Å². The van der Waals surface area contributed by atoms with Gasteiger partial charge in [-0.2, -0.15) is 0 Å². The number of rotatable bonds is 8. The fraction of sp³-hybridized carbons (Fsp3) is 0.259. The van der Waals surface area contributed by atoms with E-state index >= 15 is 0 Å². The van der Waals surface area contributed by atoms with E-state index in [-0.39, 0.29) is 35.1 Å². The van der Waals surface area contributed by atoms with Crippen molar-refractivity contribution in [3.05, 3.63) is 83.9 Å². The first-order valence-electron chi connectivity index (χ1n) is 10.9. The zero-order valence-electron chi connectivity index (χ0n) is 19.7. The first kappa shape index (κ1) is 29.3. The standard InChI is InChI=1S/C20H14O4.C7H18NO.HI/c21-19(22)15-11-12-16(20(23)24)18(14-9-5-2-6-10-14)17(15)13-7-3-1-4-8-13;1-4-8(3,5-2)6-7-9;/h1-12H,(H,21,22)(H,23,24);9H,4-7H2,1-3H3;1H/q;+1;/p-3. The number of benzene rings is 3. The molecule has 0 spiro atoms. The van der Waals surface area contributed by atoms with Gasteiger partial charge in [-0.25, -0.2) is 0 Å². The zero-order valence-corrected chi connectivity index (χ0v) is 21.8. The third-order valence-electron chi connectivity index (χ3n) is 5.94. The van der Waals surface area contributed by atoms with Crippen molar-refractivity contribution >= 4 is 11.9 Å². The number of quaternary nitrogens is 1. The van der Waals surface area contributed by atoms with E-state index in [0.29, 0.717) is 28.9 Å². The highest BCUT2D eigenvalue weighted by Crippen LogP contribution is 2.37. The summed E-state index contributed by atoms with van der Waals surface area (Å²) in [6, 6.07) is 20.0. The maximum Gasteiger partial charge on any atom is 0.102 e. The normalized spacial score (nSPS) is 10.5. The third kappa shape index (κ3) is 7.38. The number of aliphatic hydroxyl groups is 1. The minimum Gasteiger partial charge on any atom is -1.00 e. The maximum absolute atomic E-state index is 11.6. The van der Waals surface area contributed by atoms with Crippen LogP contribution in [0.15, 0.2) is 72.8 Å². The number of hydrogen-bond acceptors (Lipinski definition) is 5. The summed E-state index contributed by atoms with van der Waals surface area (Å²) in [6.45, 7) is 7.71. The summed E-state index contributed by atoms with van der Waals surface area (Å²) in [6.07, 6.45) is 0. The Morgan fingerprint density at radius 1 is 0.735 bits per heavy atom. The number of carboxylic acid groups (broad SMARTS) is 2. The van der Waals surface area contributed by atoms with Gasteiger partial charge in [-0.05, 0) is 36.1 Å². The van der Waals surface area contributed by atoms with Gasteiger partial charge < -0.3 is 53.4 Å². The molecule has 182 valence electrons. The predicted octanol–water partition coefficient (Wildman–Crippen LogP) is -0.783. The van der Waals surface area contributed by atoms with Gasteiger partial charge in [-0.3, -0.25) is 0 Å². The molecule has 0 atom stereocenters. The predicted molar refractivity (Wildman–Crippen MR) is 125 cm³/mol. The van der Waals surface area contributed by atoms with Crippen LogP contribution in [0, 0.1) is 0 Å². The number of likely N-dealkylation sites (N-methyl/N-ethyl adjacent to an activating group) is 1. The van der Waals surface area contributed by atoms with E-state index in [1.54, 1.807) is 60.7 Å². The van der Waals surface area contributed by atoms with E-state index in [1.165, 1.54) is 12.1 Å². The molecule has 0 radical (unpaired) electrons. The van der Waals surface area contributed by atoms with Crippen molar-refractivity contribution in [2.45, 2.75) is 13.8 Å². The highest BCUT2D eigenvalue weighted by atomic mass is 127. The van der Waals surface area contributed by atoms with E-state index in [4.69, 9.17) is 5.11 Å². The number of carbonyl (C=O) groups is 2. The second-order valence-electron chi connectivity index (χ2n) is 7.92. The molecule has 0 amide bonds. The lowest BCUT2D eigenvalue weighted by Crippen LogP contribution is -3.00. The Hall–Kier alpha value is -2.75. The molecule has 0 aromatic heterocycles. The van der Waals surface area contributed by atoms with Gasteiger partial charge >= 0.3 is 0 Å². The molecule has 1 N–H and O–H groups in total. The van der Waals surface area contributed by atoms with Crippen LogP contribution in [0.1, 0.15) is 34.6 Å². The fourth-order valence-electron chi connectivity index (χ4n) is 3.53. The van der Waals surface area contributed by atoms with Crippen molar-refractivity contribution in [1.29, 1.82) is 0 Å². The average molecular weight is 575 g/mol. The number of carbonyl (C=O) groups excluding carboxylic acids is 2. The molecule has 3 aromatic carbocycles. The quantitative estimate of drug-likeness (QED) is 0.281. The smallest absolute Gasteiger partial charge is 0.102 e. The summed E-state index contributed by atoms with van der Waals surface area (Å²) in [5, 5.41) is 31.8. The van der Waals surface area contributed by atoms with Gasteiger partial charge in [0.2, 0.25) is 0 Å². The van der Waals surface area contributed by atoms with E-state index < -0.39 is 11.9 Å². The van der Waals surface area contributed by atoms with Crippen LogP contribution in [-0.2, 0) is 0 Å². The zero-order chi connectivity index (χ0) is 24.4. The summed E-state index contributed by atoms with van der Waals surface area (Å²) in [7, 11) is 2.16. The lowest BCUT2D eigenvalue weighted by atomic mass is 9.87. The number of nitrogens with zero attached hydrogens (tertiary/aromatic N) is 1. The summed E-state index contributed by atoms with van der Waals surface area (Å²) < 4.78 is 0.983. The second-order valence-corrected chi connectivity index (χ2v) is 7.92. The summed E-state index contributed by atoms with van der Waals surface area (Å²) in [5.74, 6) is -2.73. The molecule has 7 heteroatoms. The van der Waals surface area contributed by atoms with E-state index in [1.807, 2.05) is 0 Å². The molecule has 34 heavy (non-hydrogen) atoms. The highest BCUT2D eigenvalue weighted by Gasteiger charge is 2.18. The van der Waals surface area contributed by atoms with Crippen LogP contribution < -0.4 is 34.2 Å². The Bertz CT molecular complexity index is 991. The average Bonchev–Trinajstić information content (AvgIpc) is 2.84. The van der Waals surface area contributed by atoms with Gasteiger partial charge in [0.05, 0.1) is 38.7 Å². The molecular weight excluding hydrogens is 545 g/mol. The van der Waals surface area contributed by atoms with Crippen molar-refractivity contribution < 1.29 is 53.4 Å². The van der Waals surface area contributed by atoms with Gasteiger partial charge in [0.1, 0.15) is 6.54 Å². The van der Waals surface area contributed by atoms with Gasteiger partial charge in [-0.1, -0.05) is 72.8 Å². The topological polar surface area (TPSA) is 100 Å². The fourth-order valence-corrected chi connectivity index (χ4v) is 3.53. The van der Waals surface area contributed by atoms with Gasteiger partial charge in [-0.15, -0.1) is 0 Å². The molecule has 0 aliphatic rings. The van der Waals surface area contributed by atoms with Crippen molar-refractivity contribution in [2.75, 3.05) is 33.3 Å². The van der Waals surface area contributed by atoms with Crippen LogP contribution in [0.4, 0.5) is 0 Å². The third-order valence-corrected chi connectivity index (χ3v) is 5.94. The number of hydrogen-bond donors (Lipinski definition) is 1. The largest absolute Gasteiger partial charge is 1.00 e. The van der Waals surface area contributed by atoms with Crippen LogP contribution in [0.3, 0.4) is 0 Å². The van der Waals surface area contributed by atoms with Crippen molar-refractivity contribution in [2.24, 2.45) is 0 Å². The van der Waals surface area contributed by atoms with Crippen molar-refractivity contribution in [1.82, 2.24) is 0 Å². The molecule has 3 aromatic rings. The summed E-state index contributed by atoms with van der Waals surface area (Å²) >= 11 is 0. The first-order chi connectivity index (χ1) is 15.8. The Morgan fingerprint density at radius 3 is 1.32 bits per heavy atom. The van der Waals surface area contributed by atoms with E-state index in [0.717, 1.165) is 24.1 Å². The maximum atomic E-state index is 11.6. The van der Waals surface area contributed by atoms with Crippen LogP contribution in [0.25, 0.3) is 22.3 Å². The molecule has 0 bridgehead atoms. The molecule has 0 saturated carbocycles. The molecule has 0 heterocycles. The van der Waals surface area contributed by atoms with E-state index in [9.17, 15) is 19.8 Å². The Kier molecular flexibility index (Phi) is 11.9. The molecule has 3 rings (SSSR count). The Labute approximate surface area is 218 Å². The molecular formula is C27H30INO5-2. The Morgan fingerprint density at radius 2 is 1.09 bits per heavy atom. The van der Waals surface area contributed by atoms with Crippen LogP contribution in [0.5, 0.6) is 0 Å². The van der Waals surface area contributed by atoms with Crippen LogP contribution in [-0.4, -0.2) is 54.8 Å². The number of halogens is 1. The second kappa shape index (κ2) is 13.8. The van der Waals surface area contributed by atoms with Crippen molar-refractivity contribution in [3.63, 3.8) is 0 Å². The molecule has 6 nitrogen and oxygen atoms in total. The molecule has 0 saturated heterocycles. The summed E-state index contributed by atoms with van der Waals surface area (Å²) in [4.78, 5) is 23.2. The minimum absolute atomic E-state index is 0. The lowest BCUT2D eigenvalue weighted by molar-refractivity contribution is -0.906. The number of aliphatic hydroxyl groups excluding tert-OH is 1.